The Morgan fingerprint density at radius 3 is 2.07 bits per heavy atom. The topological polar surface area (TPSA) is 75.7 Å². The van der Waals surface area contributed by atoms with Crippen LogP contribution in [0.3, 0.4) is 0 Å². The van der Waals surface area contributed by atoms with Crippen LogP contribution in [0.2, 0.25) is 0 Å². The highest BCUT2D eigenvalue weighted by Gasteiger charge is 2.21. The monoisotopic (exact) mass is 390 g/mol. The maximum Gasteiger partial charge on any atom is 0.251 e. The molecular formula is C20H26N2O4S. The molecule has 0 aliphatic carbocycles. The zero-order valence-corrected chi connectivity index (χ0v) is 16.8. The van der Waals surface area contributed by atoms with Gasteiger partial charge in [0.2, 0.25) is 10.0 Å². The van der Waals surface area contributed by atoms with Crippen molar-refractivity contribution in [3.8, 4) is 5.75 Å². The molecule has 6 nitrogen and oxygen atoms in total. The number of amides is 1. The molecule has 2 aromatic carbocycles. The number of ether oxygens (including phenoxy) is 1. The second-order valence-electron chi connectivity index (χ2n) is 5.87. The first-order valence-corrected chi connectivity index (χ1v) is 10.5. The molecule has 0 aromatic heterocycles. The van der Waals surface area contributed by atoms with Crippen LogP contribution in [0.5, 0.6) is 5.75 Å². The molecule has 0 fully saturated rings. The minimum atomic E-state index is -3.47. The lowest BCUT2D eigenvalue weighted by Crippen LogP contribution is -2.30. The molecule has 0 atom stereocenters. The van der Waals surface area contributed by atoms with Crippen molar-refractivity contribution in [1.29, 1.82) is 0 Å². The lowest BCUT2D eigenvalue weighted by atomic mass is 10.2. The third kappa shape index (κ3) is 5.30. The van der Waals surface area contributed by atoms with Crippen LogP contribution in [0, 0.1) is 0 Å². The van der Waals surface area contributed by atoms with E-state index in [9.17, 15) is 13.2 Å². The SMILES string of the molecule is CCOc1ccc(C(=O)NCc2ccc(S(=O)(=O)N(CC)CC)cc2)cc1. The lowest BCUT2D eigenvalue weighted by Gasteiger charge is -2.18. The third-order valence-electron chi connectivity index (χ3n) is 4.15. The number of rotatable bonds is 9. The van der Waals surface area contributed by atoms with Gasteiger partial charge in [0.15, 0.2) is 0 Å². The Bertz CT molecular complexity index is 843. The van der Waals surface area contributed by atoms with Crippen LogP contribution >= 0.6 is 0 Å². The summed E-state index contributed by atoms with van der Waals surface area (Å²) in [7, 11) is -3.47. The van der Waals surface area contributed by atoms with Crippen LogP contribution in [0.1, 0.15) is 36.7 Å². The van der Waals surface area contributed by atoms with Gasteiger partial charge in [0.25, 0.3) is 5.91 Å². The van der Waals surface area contributed by atoms with Gasteiger partial charge in [-0.05, 0) is 48.9 Å². The predicted octanol–water partition coefficient (Wildman–Crippen LogP) is 3.05. The molecule has 1 N–H and O–H groups in total. The van der Waals surface area contributed by atoms with E-state index in [-0.39, 0.29) is 10.8 Å². The summed E-state index contributed by atoms with van der Waals surface area (Å²) in [4.78, 5) is 12.5. The molecule has 0 aliphatic heterocycles. The highest BCUT2D eigenvalue weighted by atomic mass is 32.2. The van der Waals surface area contributed by atoms with E-state index in [0.29, 0.717) is 31.8 Å². The molecule has 0 spiro atoms. The quantitative estimate of drug-likeness (QED) is 0.714. The van der Waals surface area contributed by atoms with E-state index in [1.54, 1.807) is 48.5 Å². The van der Waals surface area contributed by atoms with E-state index in [1.807, 2.05) is 20.8 Å². The van der Waals surface area contributed by atoms with Crippen LogP contribution in [-0.4, -0.2) is 38.3 Å². The Morgan fingerprint density at radius 2 is 1.56 bits per heavy atom. The van der Waals surface area contributed by atoms with Gasteiger partial charge in [0.05, 0.1) is 11.5 Å². The van der Waals surface area contributed by atoms with Crippen molar-refractivity contribution in [2.75, 3.05) is 19.7 Å². The number of benzene rings is 2. The Morgan fingerprint density at radius 1 is 0.963 bits per heavy atom. The van der Waals surface area contributed by atoms with Crippen molar-refractivity contribution in [3.63, 3.8) is 0 Å². The first-order valence-electron chi connectivity index (χ1n) is 9.02. The van der Waals surface area contributed by atoms with Gasteiger partial charge >= 0.3 is 0 Å². The van der Waals surface area contributed by atoms with Gasteiger partial charge in [-0.25, -0.2) is 8.42 Å². The lowest BCUT2D eigenvalue weighted by molar-refractivity contribution is 0.0951. The van der Waals surface area contributed by atoms with Gasteiger partial charge in [0.1, 0.15) is 5.75 Å². The standard InChI is InChI=1S/C20H26N2O4S/c1-4-22(5-2)27(24,25)19-13-7-16(8-14-19)15-21-20(23)17-9-11-18(12-10-17)26-6-3/h7-14H,4-6,15H2,1-3H3,(H,21,23). The second kappa shape index (κ2) is 9.53. The van der Waals surface area contributed by atoms with E-state index in [1.165, 1.54) is 4.31 Å². The third-order valence-corrected chi connectivity index (χ3v) is 6.21. The summed E-state index contributed by atoms with van der Waals surface area (Å²) in [5.41, 5.74) is 1.37. The molecule has 2 rings (SSSR count). The Balaban J connectivity index is 1.99. The average molecular weight is 391 g/mol. The van der Waals surface area contributed by atoms with Crippen molar-refractivity contribution in [2.45, 2.75) is 32.2 Å². The predicted molar refractivity (Wildman–Crippen MR) is 105 cm³/mol. The smallest absolute Gasteiger partial charge is 0.251 e. The molecule has 0 heterocycles. The van der Waals surface area contributed by atoms with E-state index in [2.05, 4.69) is 5.32 Å². The van der Waals surface area contributed by atoms with Crippen molar-refractivity contribution in [3.05, 3.63) is 59.7 Å². The van der Waals surface area contributed by atoms with Crippen LogP contribution in [-0.2, 0) is 16.6 Å². The Kier molecular flexibility index (Phi) is 7.38. The zero-order chi connectivity index (χ0) is 19.9. The first kappa shape index (κ1) is 20.9. The van der Waals surface area contributed by atoms with Gasteiger partial charge in [-0.1, -0.05) is 26.0 Å². The highest BCUT2D eigenvalue weighted by molar-refractivity contribution is 7.89. The summed E-state index contributed by atoms with van der Waals surface area (Å²) in [6, 6.07) is 13.5. The molecule has 0 saturated heterocycles. The molecule has 1 amide bonds. The van der Waals surface area contributed by atoms with Crippen LogP contribution in [0.4, 0.5) is 0 Å². The van der Waals surface area contributed by atoms with Crippen molar-refractivity contribution < 1.29 is 17.9 Å². The minimum absolute atomic E-state index is 0.196. The molecule has 0 aliphatic rings. The fourth-order valence-electron chi connectivity index (χ4n) is 2.65. The van der Waals surface area contributed by atoms with Gasteiger partial charge < -0.3 is 10.1 Å². The summed E-state index contributed by atoms with van der Waals surface area (Å²) >= 11 is 0. The second-order valence-corrected chi connectivity index (χ2v) is 7.81. The Labute approximate surface area is 161 Å². The zero-order valence-electron chi connectivity index (χ0n) is 15.9. The summed E-state index contributed by atoms with van der Waals surface area (Å²) in [6.07, 6.45) is 0. The largest absolute Gasteiger partial charge is 0.494 e. The highest BCUT2D eigenvalue weighted by Crippen LogP contribution is 2.16. The van der Waals surface area contributed by atoms with E-state index >= 15 is 0 Å². The minimum Gasteiger partial charge on any atom is -0.494 e. The molecule has 0 radical (unpaired) electrons. The number of nitrogens with zero attached hydrogens (tertiary/aromatic N) is 1. The number of carbonyl (C=O) groups is 1. The van der Waals surface area contributed by atoms with Crippen LogP contribution in [0.25, 0.3) is 0 Å². The van der Waals surface area contributed by atoms with E-state index in [4.69, 9.17) is 4.74 Å². The normalized spacial score (nSPS) is 11.4. The summed E-state index contributed by atoms with van der Waals surface area (Å²) < 4.78 is 31.7. The van der Waals surface area contributed by atoms with Crippen molar-refractivity contribution in [1.82, 2.24) is 9.62 Å². The summed E-state index contributed by atoms with van der Waals surface area (Å²) in [5, 5.41) is 2.83. The van der Waals surface area contributed by atoms with Gasteiger partial charge in [-0.3, -0.25) is 4.79 Å². The molecule has 2 aromatic rings. The van der Waals surface area contributed by atoms with Crippen molar-refractivity contribution in [2.24, 2.45) is 0 Å². The maximum absolute atomic E-state index is 12.5. The number of sulfonamides is 1. The van der Waals surface area contributed by atoms with E-state index in [0.717, 1.165) is 11.3 Å². The molecule has 146 valence electrons. The fourth-order valence-corrected chi connectivity index (χ4v) is 4.10. The van der Waals surface area contributed by atoms with Gasteiger partial charge in [-0.15, -0.1) is 0 Å². The molecule has 0 bridgehead atoms. The number of hydrogen-bond donors (Lipinski definition) is 1. The molecule has 27 heavy (non-hydrogen) atoms. The van der Waals surface area contributed by atoms with Crippen LogP contribution in [0.15, 0.2) is 53.4 Å². The van der Waals surface area contributed by atoms with E-state index < -0.39 is 10.0 Å². The average Bonchev–Trinajstić information content (AvgIpc) is 2.68. The molecule has 7 heteroatoms. The number of carbonyl (C=O) groups excluding carboxylic acids is 1. The van der Waals surface area contributed by atoms with Crippen LogP contribution < -0.4 is 10.1 Å². The molecule has 0 saturated carbocycles. The van der Waals surface area contributed by atoms with Crippen molar-refractivity contribution >= 4 is 15.9 Å². The van der Waals surface area contributed by atoms with Gasteiger partial charge in [-0.2, -0.15) is 4.31 Å². The summed E-state index contributed by atoms with van der Waals surface area (Å²) in [5.74, 6) is 0.525. The fraction of sp³-hybridized carbons (Fsp3) is 0.350. The maximum atomic E-state index is 12.5. The number of hydrogen-bond acceptors (Lipinski definition) is 4. The summed E-state index contributed by atoms with van der Waals surface area (Å²) in [6.45, 7) is 7.28. The number of nitrogens with one attached hydrogen (secondary N) is 1. The van der Waals surface area contributed by atoms with Gasteiger partial charge in [0, 0.05) is 25.2 Å². The molecular weight excluding hydrogens is 364 g/mol. The molecule has 0 unspecified atom stereocenters. The first-order chi connectivity index (χ1) is 12.9. The Hall–Kier alpha value is -2.38.